The fourth-order valence-electron chi connectivity index (χ4n) is 2.97. The molecule has 132 valence electrons. The number of nitrogens with two attached hydrogens (primary N) is 1. The van der Waals surface area contributed by atoms with E-state index in [0.717, 1.165) is 38.4 Å². The van der Waals surface area contributed by atoms with Crippen LogP contribution in [-0.2, 0) is 11.3 Å². The predicted octanol–water partition coefficient (Wildman–Crippen LogP) is 3.99. The van der Waals surface area contributed by atoms with Gasteiger partial charge in [-0.05, 0) is 52.7 Å². The van der Waals surface area contributed by atoms with Gasteiger partial charge in [0.15, 0.2) is 0 Å². The maximum atomic E-state index is 6.28. The Morgan fingerprint density at radius 2 is 2.32 bits per heavy atom. The Labute approximate surface area is 167 Å². The number of aromatic nitrogens is 2. The van der Waals surface area contributed by atoms with E-state index in [1.54, 1.807) is 17.6 Å². The molecule has 0 bridgehead atoms. The number of furan rings is 1. The molecule has 0 saturated carbocycles. The minimum Gasteiger partial charge on any atom is -0.467 e. The highest BCUT2D eigenvalue weighted by atomic mass is 127. The van der Waals surface area contributed by atoms with Gasteiger partial charge in [0.25, 0.3) is 0 Å². The molecule has 4 heterocycles. The third-order valence-electron chi connectivity index (χ3n) is 4.22. The van der Waals surface area contributed by atoms with Crippen LogP contribution in [0.15, 0.2) is 22.8 Å². The lowest BCUT2D eigenvalue weighted by Gasteiger charge is -2.28. The average Bonchev–Trinajstić information content (AvgIpc) is 3.22. The molecule has 1 saturated heterocycles. The largest absolute Gasteiger partial charge is 0.467 e. The molecule has 3 N–H and O–H groups in total. The number of halogens is 2. The zero-order chi connectivity index (χ0) is 17.4. The van der Waals surface area contributed by atoms with E-state index < -0.39 is 0 Å². The molecule has 3 aromatic heterocycles. The van der Waals surface area contributed by atoms with Crippen LogP contribution in [0.1, 0.15) is 23.0 Å². The van der Waals surface area contributed by atoms with Crippen molar-refractivity contribution in [3.63, 3.8) is 0 Å². The molecule has 25 heavy (non-hydrogen) atoms. The molecule has 6 nitrogen and oxygen atoms in total. The van der Waals surface area contributed by atoms with Crippen molar-refractivity contribution in [2.75, 3.05) is 18.5 Å². The number of rotatable bonds is 4. The smallest absolute Gasteiger partial charge is 0.225 e. The SMILES string of the molecule is N[C@H]1COCC[C@@H]1c1sc2c(NCc3ccco3)nc(Cl)nc2c1I. The molecule has 9 heteroatoms. The van der Waals surface area contributed by atoms with E-state index in [0.29, 0.717) is 13.2 Å². The van der Waals surface area contributed by atoms with Gasteiger partial charge in [-0.15, -0.1) is 11.3 Å². The van der Waals surface area contributed by atoms with Gasteiger partial charge in [-0.25, -0.2) is 4.98 Å². The zero-order valence-corrected chi connectivity index (χ0v) is 16.9. The number of ether oxygens (including phenoxy) is 1. The number of anilines is 1. The van der Waals surface area contributed by atoms with E-state index in [1.165, 1.54) is 4.88 Å². The molecular formula is C16H16ClIN4O2S. The molecular weight excluding hydrogens is 475 g/mol. The van der Waals surface area contributed by atoms with E-state index in [2.05, 4.69) is 37.9 Å². The lowest BCUT2D eigenvalue weighted by molar-refractivity contribution is 0.0702. The van der Waals surface area contributed by atoms with Gasteiger partial charge < -0.3 is 20.2 Å². The molecule has 0 aliphatic carbocycles. The second-order valence-electron chi connectivity index (χ2n) is 5.87. The highest BCUT2D eigenvalue weighted by Crippen LogP contribution is 2.42. The Bertz CT molecular complexity index is 886. The molecule has 0 radical (unpaired) electrons. The Balaban J connectivity index is 1.72. The highest BCUT2D eigenvalue weighted by molar-refractivity contribution is 14.1. The molecule has 1 aliphatic rings. The third-order valence-corrected chi connectivity index (χ3v) is 7.17. The summed E-state index contributed by atoms with van der Waals surface area (Å²) in [6, 6.07) is 3.77. The van der Waals surface area contributed by atoms with Gasteiger partial charge in [0.2, 0.25) is 5.28 Å². The topological polar surface area (TPSA) is 86.2 Å². The van der Waals surface area contributed by atoms with Crippen LogP contribution < -0.4 is 11.1 Å². The van der Waals surface area contributed by atoms with Gasteiger partial charge in [0.1, 0.15) is 17.1 Å². The first-order chi connectivity index (χ1) is 12.1. The van der Waals surface area contributed by atoms with Gasteiger partial charge in [-0.3, -0.25) is 0 Å². The Morgan fingerprint density at radius 3 is 3.08 bits per heavy atom. The summed E-state index contributed by atoms with van der Waals surface area (Å²) in [4.78, 5) is 10.1. The van der Waals surface area contributed by atoms with E-state index in [4.69, 9.17) is 26.5 Å². The highest BCUT2D eigenvalue weighted by Gasteiger charge is 2.29. The van der Waals surface area contributed by atoms with E-state index in [1.807, 2.05) is 12.1 Å². The van der Waals surface area contributed by atoms with Crippen LogP contribution in [0.2, 0.25) is 5.28 Å². The maximum Gasteiger partial charge on any atom is 0.225 e. The second-order valence-corrected chi connectivity index (χ2v) is 8.34. The summed E-state index contributed by atoms with van der Waals surface area (Å²) in [5, 5.41) is 3.54. The summed E-state index contributed by atoms with van der Waals surface area (Å²) in [6.45, 7) is 1.86. The lowest BCUT2D eigenvalue weighted by atomic mass is 9.94. The molecule has 0 amide bonds. The number of nitrogens with one attached hydrogen (secondary N) is 1. The van der Waals surface area contributed by atoms with Crippen molar-refractivity contribution in [2.24, 2.45) is 5.73 Å². The van der Waals surface area contributed by atoms with E-state index in [-0.39, 0.29) is 17.2 Å². The Morgan fingerprint density at radius 1 is 1.44 bits per heavy atom. The summed E-state index contributed by atoms with van der Waals surface area (Å²) in [5.41, 5.74) is 7.16. The summed E-state index contributed by atoms with van der Waals surface area (Å²) < 4.78 is 12.9. The summed E-state index contributed by atoms with van der Waals surface area (Å²) in [6.07, 6.45) is 2.57. The van der Waals surface area contributed by atoms with Crippen molar-refractivity contribution in [1.29, 1.82) is 0 Å². The molecule has 0 aromatic carbocycles. The number of fused-ring (bicyclic) bond motifs is 1. The maximum absolute atomic E-state index is 6.28. The molecule has 0 unspecified atom stereocenters. The summed E-state index contributed by atoms with van der Waals surface area (Å²) in [5.74, 6) is 1.83. The second kappa shape index (κ2) is 7.36. The van der Waals surface area contributed by atoms with Crippen LogP contribution in [0.5, 0.6) is 0 Å². The van der Waals surface area contributed by atoms with Crippen LogP contribution in [-0.4, -0.2) is 29.2 Å². The van der Waals surface area contributed by atoms with Crippen LogP contribution in [0.3, 0.4) is 0 Å². The van der Waals surface area contributed by atoms with Crippen molar-refractivity contribution < 1.29 is 9.15 Å². The van der Waals surface area contributed by atoms with Gasteiger partial charge in [0, 0.05) is 23.4 Å². The standard InChI is InChI=1S/C16H16ClIN4O2S/c17-16-21-12-11(18)13(9-3-5-23-7-10(9)19)25-14(12)15(22-16)20-6-8-2-1-4-24-8/h1-2,4,9-10H,3,5-7,19H2,(H,20,21,22)/t9-,10-/m0/s1. The van der Waals surface area contributed by atoms with Crippen molar-refractivity contribution in [3.8, 4) is 0 Å². The molecule has 1 fully saturated rings. The first kappa shape index (κ1) is 17.5. The number of hydrogen-bond acceptors (Lipinski definition) is 7. The normalized spacial score (nSPS) is 20.9. The molecule has 4 rings (SSSR count). The lowest BCUT2D eigenvalue weighted by Crippen LogP contribution is -2.37. The van der Waals surface area contributed by atoms with Crippen LogP contribution in [0, 0.1) is 3.57 Å². The van der Waals surface area contributed by atoms with Gasteiger partial charge in [0.05, 0.1) is 27.7 Å². The first-order valence-corrected chi connectivity index (χ1v) is 10.2. The fourth-order valence-corrected chi connectivity index (χ4v) is 5.75. The average molecular weight is 491 g/mol. The van der Waals surface area contributed by atoms with Crippen molar-refractivity contribution in [2.45, 2.75) is 24.9 Å². The fraction of sp³-hybridized carbons (Fsp3) is 0.375. The monoisotopic (exact) mass is 490 g/mol. The zero-order valence-electron chi connectivity index (χ0n) is 13.2. The van der Waals surface area contributed by atoms with Gasteiger partial charge in [-0.1, -0.05) is 0 Å². The summed E-state index contributed by atoms with van der Waals surface area (Å²) >= 11 is 10.2. The Hall–Kier alpha value is -0.940. The number of nitrogens with zero attached hydrogens (tertiary/aromatic N) is 2. The molecule has 3 aromatic rings. The number of thiophene rings is 1. The van der Waals surface area contributed by atoms with Crippen molar-refractivity contribution in [1.82, 2.24) is 9.97 Å². The third kappa shape index (κ3) is 3.50. The van der Waals surface area contributed by atoms with Crippen molar-refractivity contribution >= 4 is 61.6 Å². The van der Waals surface area contributed by atoms with E-state index in [9.17, 15) is 0 Å². The minimum absolute atomic E-state index is 0.00159. The van der Waals surface area contributed by atoms with Crippen LogP contribution in [0.4, 0.5) is 5.82 Å². The van der Waals surface area contributed by atoms with Gasteiger partial charge >= 0.3 is 0 Å². The first-order valence-electron chi connectivity index (χ1n) is 7.88. The van der Waals surface area contributed by atoms with E-state index >= 15 is 0 Å². The molecule has 1 aliphatic heterocycles. The Kier molecular flexibility index (Phi) is 5.14. The predicted molar refractivity (Wildman–Crippen MR) is 107 cm³/mol. The summed E-state index contributed by atoms with van der Waals surface area (Å²) in [7, 11) is 0. The number of hydrogen-bond donors (Lipinski definition) is 2. The van der Waals surface area contributed by atoms with Crippen LogP contribution >= 0.6 is 45.5 Å². The van der Waals surface area contributed by atoms with Crippen molar-refractivity contribution in [3.05, 3.63) is 37.9 Å². The molecule has 2 atom stereocenters. The van der Waals surface area contributed by atoms with Crippen LogP contribution in [0.25, 0.3) is 10.2 Å². The minimum atomic E-state index is -0.00159. The van der Waals surface area contributed by atoms with Gasteiger partial charge in [-0.2, -0.15) is 4.98 Å². The molecule has 0 spiro atoms. The quantitative estimate of drug-likeness (QED) is 0.425.